The number of methoxy groups -OCH3 is 1. The van der Waals surface area contributed by atoms with Crippen molar-refractivity contribution in [2.45, 2.75) is 51.0 Å². The predicted molar refractivity (Wildman–Crippen MR) is 100 cm³/mol. The molecular formula is C20H26N2O5. The van der Waals surface area contributed by atoms with E-state index in [2.05, 4.69) is 10.6 Å². The molecule has 3 rings (SSSR count). The first-order valence-electron chi connectivity index (χ1n) is 9.36. The quantitative estimate of drug-likeness (QED) is 0.773. The van der Waals surface area contributed by atoms with Gasteiger partial charge in [0.05, 0.1) is 12.3 Å². The van der Waals surface area contributed by atoms with Gasteiger partial charge in [-0.2, -0.15) is 0 Å². The summed E-state index contributed by atoms with van der Waals surface area (Å²) in [6.07, 6.45) is 4.64. The van der Waals surface area contributed by atoms with Crippen LogP contribution in [0.5, 0.6) is 0 Å². The fourth-order valence-electron chi connectivity index (χ4n) is 4.01. The third kappa shape index (κ3) is 4.30. The van der Waals surface area contributed by atoms with E-state index in [1.807, 2.05) is 13.0 Å². The van der Waals surface area contributed by atoms with Crippen LogP contribution < -0.4 is 10.6 Å². The van der Waals surface area contributed by atoms with E-state index in [0.29, 0.717) is 11.4 Å². The molecule has 146 valence electrons. The monoisotopic (exact) mass is 374 g/mol. The van der Waals surface area contributed by atoms with Gasteiger partial charge in [-0.3, -0.25) is 14.4 Å². The molecular weight excluding hydrogens is 348 g/mol. The Labute approximate surface area is 158 Å². The van der Waals surface area contributed by atoms with Gasteiger partial charge >= 0.3 is 5.97 Å². The normalized spacial score (nSPS) is 21.0. The van der Waals surface area contributed by atoms with E-state index in [0.717, 1.165) is 37.7 Å². The molecule has 0 aromatic heterocycles. The number of benzene rings is 1. The second kappa shape index (κ2) is 8.08. The largest absolute Gasteiger partial charge is 0.458 e. The number of carbonyl (C=O) groups excluding carboxylic acids is 3. The van der Waals surface area contributed by atoms with Gasteiger partial charge in [-0.15, -0.1) is 0 Å². The molecule has 1 atom stereocenters. The van der Waals surface area contributed by atoms with Gasteiger partial charge in [0.15, 0.2) is 0 Å². The highest BCUT2D eigenvalue weighted by molar-refractivity contribution is 5.98. The number of aryl methyl sites for hydroxylation is 1. The minimum Gasteiger partial charge on any atom is -0.458 e. The molecule has 2 fully saturated rings. The molecule has 1 heterocycles. The number of carbonyl (C=O) groups is 3. The lowest BCUT2D eigenvalue weighted by Gasteiger charge is -2.36. The van der Waals surface area contributed by atoms with Crippen molar-refractivity contribution in [2.75, 3.05) is 24.4 Å². The standard InChI is InChI=1S/C20H26N2O5/c1-13-6-7-14(21-17(23)12-26-2)10-16(13)22-19(25)15-11-18(24)27-20(15)8-4-3-5-9-20/h6-7,10,15H,3-5,8-9,11-12H2,1-2H3,(H,21,23)(H,22,25). The van der Waals surface area contributed by atoms with Gasteiger partial charge < -0.3 is 20.1 Å². The van der Waals surface area contributed by atoms with Gasteiger partial charge in [0, 0.05) is 18.5 Å². The van der Waals surface area contributed by atoms with Gasteiger partial charge in [-0.05, 0) is 50.3 Å². The third-order valence-corrected chi connectivity index (χ3v) is 5.39. The maximum atomic E-state index is 13.0. The van der Waals surface area contributed by atoms with Crippen LogP contribution in [-0.2, 0) is 23.9 Å². The zero-order chi connectivity index (χ0) is 19.4. The fraction of sp³-hybridized carbons (Fsp3) is 0.550. The van der Waals surface area contributed by atoms with Gasteiger partial charge in [-0.1, -0.05) is 12.5 Å². The van der Waals surface area contributed by atoms with Crippen LogP contribution in [0.25, 0.3) is 0 Å². The number of amides is 2. The average molecular weight is 374 g/mol. The molecule has 1 aliphatic carbocycles. The van der Waals surface area contributed by atoms with Crippen molar-refractivity contribution < 1.29 is 23.9 Å². The van der Waals surface area contributed by atoms with Crippen molar-refractivity contribution in [3.05, 3.63) is 23.8 Å². The second-order valence-corrected chi connectivity index (χ2v) is 7.36. The predicted octanol–water partition coefficient (Wildman–Crippen LogP) is 2.78. The molecule has 1 aliphatic heterocycles. The minimum absolute atomic E-state index is 0.0421. The van der Waals surface area contributed by atoms with Crippen molar-refractivity contribution in [3.8, 4) is 0 Å². The minimum atomic E-state index is -0.655. The van der Waals surface area contributed by atoms with Crippen molar-refractivity contribution in [3.63, 3.8) is 0 Å². The maximum absolute atomic E-state index is 13.0. The smallest absolute Gasteiger partial charge is 0.307 e. The van der Waals surface area contributed by atoms with Crippen LogP contribution in [0.1, 0.15) is 44.1 Å². The summed E-state index contributed by atoms with van der Waals surface area (Å²) in [6, 6.07) is 5.31. The SMILES string of the molecule is COCC(=O)Nc1ccc(C)c(NC(=O)C2CC(=O)OC23CCCCC3)c1. The fourth-order valence-corrected chi connectivity index (χ4v) is 4.01. The van der Waals surface area contributed by atoms with Gasteiger partial charge in [0.1, 0.15) is 12.2 Å². The molecule has 1 spiro atoms. The number of hydrogen-bond donors (Lipinski definition) is 2. The lowest BCUT2D eigenvalue weighted by atomic mass is 9.75. The lowest BCUT2D eigenvalue weighted by molar-refractivity contribution is -0.153. The molecule has 2 amide bonds. The average Bonchev–Trinajstić information content (AvgIpc) is 2.94. The Hall–Kier alpha value is -2.41. The molecule has 2 N–H and O–H groups in total. The summed E-state index contributed by atoms with van der Waals surface area (Å²) >= 11 is 0. The van der Waals surface area contributed by atoms with Crippen LogP contribution in [0, 0.1) is 12.8 Å². The molecule has 1 saturated carbocycles. The number of esters is 1. The second-order valence-electron chi connectivity index (χ2n) is 7.36. The molecule has 2 aliphatic rings. The van der Waals surface area contributed by atoms with Crippen LogP contribution >= 0.6 is 0 Å². The molecule has 1 aromatic rings. The first-order valence-corrected chi connectivity index (χ1v) is 9.36. The number of nitrogens with one attached hydrogen (secondary N) is 2. The summed E-state index contributed by atoms with van der Waals surface area (Å²) in [5, 5.41) is 5.66. The van der Waals surface area contributed by atoms with Crippen molar-refractivity contribution in [2.24, 2.45) is 5.92 Å². The molecule has 27 heavy (non-hydrogen) atoms. The van der Waals surface area contributed by atoms with E-state index in [1.54, 1.807) is 12.1 Å². The summed E-state index contributed by atoms with van der Waals surface area (Å²) in [6.45, 7) is 1.84. The summed E-state index contributed by atoms with van der Waals surface area (Å²) in [5.74, 6) is -1.24. The first-order chi connectivity index (χ1) is 12.9. The zero-order valence-electron chi connectivity index (χ0n) is 15.8. The summed E-state index contributed by atoms with van der Waals surface area (Å²) in [5.41, 5.74) is 1.40. The molecule has 0 bridgehead atoms. The Morgan fingerprint density at radius 2 is 1.96 bits per heavy atom. The van der Waals surface area contributed by atoms with Crippen LogP contribution in [0.4, 0.5) is 11.4 Å². The first kappa shape index (κ1) is 19.4. The highest BCUT2D eigenvalue weighted by atomic mass is 16.6. The Balaban J connectivity index is 1.75. The summed E-state index contributed by atoms with van der Waals surface area (Å²) in [4.78, 5) is 36.6. The molecule has 7 nitrogen and oxygen atoms in total. The van der Waals surface area contributed by atoms with Crippen molar-refractivity contribution >= 4 is 29.2 Å². The zero-order valence-corrected chi connectivity index (χ0v) is 15.8. The van der Waals surface area contributed by atoms with E-state index in [-0.39, 0.29) is 30.8 Å². The number of anilines is 2. The number of ether oxygens (including phenoxy) is 2. The maximum Gasteiger partial charge on any atom is 0.307 e. The van der Waals surface area contributed by atoms with Gasteiger partial charge in [0.25, 0.3) is 0 Å². The van der Waals surface area contributed by atoms with E-state index in [1.165, 1.54) is 7.11 Å². The Morgan fingerprint density at radius 1 is 1.22 bits per heavy atom. The molecule has 1 unspecified atom stereocenters. The molecule has 1 aromatic carbocycles. The van der Waals surface area contributed by atoms with Gasteiger partial charge in [0.2, 0.25) is 11.8 Å². The van der Waals surface area contributed by atoms with Crippen LogP contribution in [0.15, 0.2) is 18.2 Å². The number of hydrogen-bond acceptors (Lipinski definition) is 5. The Morgan fingerprint density at radius 3 is 2.67 bits per heavy atom. The Kier molecular flexibility index (Phi) is 5.79. The van der Waals surface area contributed by atoms with E-state index >= 15 is 0 Å². The van der Waals surface area contributed by atoms with Crippen LogP contribution in [-0.4, -0.2) is 37.1 Å². The van der Waals surface area contributed by atoms with Crippen LogP contribution in [0.3, 0.4) is 0 Å². The number of rotatable bonds is 5. The van der Waals surface area contributed by atoms with E-state index in [4.69, 9.17) is 9.47 Å². The third-order valence-electron chi connectivity index (χ3n) is 5.39. The Bertz CT molecular complexity index is 740. The molecule has 1 saturated heterocycles. The summed E-state index contributed by atoms with van der Waals surface area (Å²) in [7, 11) is 1.45. The topological polar surface area (TPSA) is 93.7 Å². The molecule has 7 heteroatoms. The lowest BCUT2D eigenvalue weighted by Crippen LogP contribution is -2.43. The van der Waals surface area contributed by atoms with Gasteiger partial charge in [-0.25, -0.2) is 0 Å². The van der Waals surface area contributed by atoms with Crippen molar-refractivity contribution in [1.82, 2.24) is 0 Å². The highest BCUT2D eigenvalue weighted by Crippen LogP contribution is 2.44. The summed E-state index contributed by atoms with van der Waals surface area (Å²) < 4.78 is 10.4. The van der Waals surface area contributed by atoms with E-state index in [9.17, 15) is 14.4 Å². The highest BCUT2D eigenvalue weighted by Gasteiger charge is 2.52. The van der Waals surface area contributed by atoms with Crippen molar-refractivity contribution in [1.29, 1.82) is 0 Å². The van der Waals surface area contributed by atoms with Crippen LogP contribution in [0.2, 0.25) is 0 Å². The van der Waals surface area contributed by atoms with E-state index < -0.39 is 11.5 Å². The molecule has 0 radical (unpaired) electrons.